The number of methoxy groups -OCH3 is 2. The fraction of sp³-hybridized carbons (Fsp3) is 0.263. The highest BCUT2D eigenvalue weighted by molar-refractivity contribution is 6.42. The van der Waals surface area contributed by atoms with E-state index in [1.54, 1.807) is 31.2 Å². The molecule has 2 aromatic rings. The molecule has 144 valence electrons. The Kier molecular flexibility index (Phi) is 7.33. The van der Waals surface area contributed by atoms with Crippen LogP contribution in [0.25, 0.3) is 0 Å². The van der Waals surface area contributed by atoms with Gasteiger partial charge in [-0.05, 0) is 36.8 Å². The number of rotatable bonds is 7. The first-order chi connectivity index (χ1) is 12.8. The number of ether oxygens (including phenoxy) is 3. The van der Waals surface area contributed by atoms with Crippen LogP contribution in [0.5, 0.6) is 11.5 Å². The molecular weight excluding hydrogens is 393 g/mol. The molecule has 0 aliphatic carbocycles. The van der Waals surface area contributed by atoms with Gasteiger partial charge in [0.1, 0.15) is 11.5 Å². The maximum absolute atomic E-state index is 12.2. The van der Waals surface area contributed by atoms with Crippen LogP contribution >= 0.6 is 23.2 Å². The summed E-state index contributed by atoms with van der Waals surface area (Å²) in [4.78, 5) is 24.2. The van der Waals surface area contributed by atoms with Crippen molar-refractivity contribution in [1.29, 1.82) is 0 Å². The summed E-state index contributed by atoms with van der Waals surface area (Å²) in [6.45, 7) is 1.36. The summed E-state index contributed by atoms with van der Waals surface area (Å²) < 4.78 is 15.3. The molecule has 0 radical (unpaired) electrons. The van der Waals surface area contributed by atoms with Crippen LogP contribution in [-0.4, -0.2) is 32.7 Å². The number of hydrogen-bond acceptors (Lipinski definition) is 5. The standard InChI is InChI=1S/C19H19Cl2NO5/c1-11(12-4-5-16(20)17(21)8-12)22-18(23)10-27-19(24)13-6-14(25-2)9-15(7-13)26-3/h4-9,11H,10H2,1-3H3,(H,22,23)/t11-/m1/s1. The number of esters is 1. The second kappa shape index (κ2) is 9.48. The predicted octanol–water partition coefficient (Wildman–Crippen LogP) is 4.04. The molecule has 27 heavy (non-hydrogen) atoms. The van der Waals surface area contributed by atoms with E-state index in [1.165, 1.54) is 26.4 Å². The maximum Gasteiger partial charge on any atom is 0.338 e. The molecule has 0 spiro atoms. The van der Waals surface area contributed by atoms with E-state index in [2.05, 4.69) is 5.32 Å². The Morgan fingerprint density at radius 3 is 2.19 bits per heavy atom. The van der Waals surface area contributed by atoms with E-state index in [0.29, 0.717) is 21.5 Å². The minimum absolute atomic E-state index is 0.219. The monoisotopic (exact) mass is 411 g/mol. The van der Waals surface area contributed by atoms with Crippen molar-refractivity contribution in [2.45, 2.75) is 13.0 Å². The third kappa shape index (κ3) is 5.77. The molecule has 0 heterocycles. The molecule has 2 aromatic carbocycles. The van der Waals surface area contributed by atoms with E-state index in [4.69, 9.17) is 37.4 Å². The summed E-state index contributed by atoms with van der Waals surface area (Å²) in [6, 6.07) is 9.38. The van der Waals surface area contributed by atoms with Crippen LogP contribution in [-0.2, 0) is 9.53 Å². The minimum atomic E-state index is -0.662. The van der Waals surface area contributed by atoms with E-state index in [-0.39, 0.29) is 11.6 Å². The summed E-state index contributed by atoms with van der Waals surface area (Å²) in [5, 5.41) is 3.56. The third-order valence-corrected chi connectivity index (χ3v) is 4.48. The first-order valence-electron chi connectivity index (χ1n) is 7.98. The lowest BCUT2D eigenvalue weighted by Crippen LogP contribution is -2.31. The van der Waals surface area contributed by atoms with Crippen molar-refractivity contribution in [3.05, 3.63) is 57.6 Å². The van der Waals surface area contributed by atoms with E-state index in [0.717, 1.165) is 5.56 Å². The largest absolute Gasteiger partial charge is 0.497 e. The molecule has 0 saturated carbocycles. The Morgan fingerprint density at radius 1 is 1.00 bits per heavy atom. The number of carbonyl (C=O) groups excluding carboxylic acids is 2. The van der Waals surface area contributed by atoms with Gasteiger partial charge in [-0.3, -0.25) is 4.79 Å². The van der Waals surface area contributed by atoms with Crippen LogP contribution in [0.15, 0.2) is 36.4 Å². The molecule has 0 fully saturated rings. The quantitative estimate of drug-likeness (QED) is 0.695. The highest BCUT2D eigenvalue weighted by atomic mass is 35.5. The summed E-state index contributed by atoms with van der Waals surface area (Å²) in [7, 11) is 2.95. The van der Waals surface area contributed by atoms with Crippen LogP contribution in [0.1, 0.15) is 28.9 Å². The van der Waals surface area contributed by atoms with Crippen LogP contribution in [0, 0.1) is 0 Å². The van der Waals surface area contributed by atoms with Crippen molar-refractivity contribution in [2.24, 2.45) is 0 Å². The molecule has 1 amide bonds. The SMILES string of the molecule is COc1cc(OC)cc(C(=O)OCC(=O)N[C@H](C)c2ccc(Cl)c(Cl)c2)c1. The molecule has 2 rings (SSSR count). The molecular formula is C19H19Cl2NO5. The third-order valence-electron chi connectivity index (χ3n) is 3.74. The molecule has 0 saturated heterocycles. The number of nitrogens with one attached hydrogen (secondary N) is 1. The van der Waals surface area contributed by atoms with Gasteiger partial charge in [-0.15, -0.1) is 0 Å². The molecule has 0 aliphatic heterocycles. The van der Waals surface area contributed by atoms with Crippen molar-refractivity contribution in [3.8, 4) is 11.5 Å². The van der Waals surface area contributed by atoms with Crippen LogP contribution in [0.4, 0.5) is 0 Å². The fourth-order valence-corrected chi connectivity index (χ4v) is 2.59. The highest BCUT2D eigenvalue weighted by Gasteiger charge is 2.15. The molecule has 0 aromatic heterocycles. The molecule has 1 atom stereocenters. The van der Waals surface area contributed by atoms with Gasteiger partial charge in [0, 0.05) is 6.07 Å². The summed E-state index contributed by atoms with van der Waals surface area (Å²) >= 11 is 11.9. The van der Waals surface area contributed by atoms with E-state index >= 15 is 0 Å². The maximum atomic E-state index is 12.2. The zero-order valence-corrected chi connectivity index (χ0v) is 16.6. The Hall–Kier alpha value is -2.44. The normalized spacial score (nSPS) is 11.4. The van der Waals surface area contributed by atoms with Gasteiger partial charge >= 0.3 is 5.97 Å². The molecule has 0 aliphatic rings. The molecule has 0 bridgehead atoms. The zero-order valence-electron chi connectivity index (χ0n) is 15.0. The summed E-state index contributed by atoms with van der Waals surface area (Å²) in [5.41, 5.74) is 0.998. The van der Waals surface area contributed by atoms with E-state index in [9.17, 15) is 9.59 Å². The average Bonchev–Trinajstić information content (AvgIpc) is 2.67. The number of halogens is 2. The fourth-order valence-electron chi connectivity index (χ4n) is 2.29. The first-order valence-corrected chi connectivity index (χ1v) is 8.74. The van der Waals surface area contributed by atoms with Gasteiger partial charge in [-0.2, -0.15) is 0 Å². The lowest BCUT2D eigenvalue weighted by molar-refractivity contribution is -0.124. The molecule has 8 heteroatoms. The van der Waals surface area contributed by atoms with Crippen LogP contribution in [0.3, 0.4) is 0 Å². The summed E-state index contributed by atoms with van der Waals surface area (Å²) in [6.07, 6.45) is 0. The van der Waals surface area contributed by atoms with Crippen molar-refractivity contribution in [3.63, 3.8) is 0 Å². The summed E-state index contributed by atoms with van der Waals surface area (Å²) in [5.74, 6) is -0.223. The van der Waals surface area contributed by atoms with Gasteiger partial charge < -0.3 is 19.5 Å². The molecule has 0 unspecified atom stereocenters. The van der Waals surface area contributed by atoms with Crippen molar-refractivity contribution >= 4 is 35.1 Å². The second-order valence-electron chi connectivity index (χ2n) is 5.64. The van der Waals surface area contributed by atoms with Gasteiger partial charge in [0.15, 0.2) is 6.61 Å². The van der Waals surface area contributed by atoms with Gasteiger partial charge in [0.05, 0.1) is 35.9 Å². The van der Waals surface area contributed by atoms with Crippen LogP contribution in [0.2, 0.25) is 10.0 Å². The molecule has 1 N–H and O–H groups in total. The van der Waals surface area contributed by atoms with E-state index in [1.807, 2.05) is 0 Å². The Balaban J connectivity index is 1.94. The van der Waals surface area contributed by atoms with Gasteiger partial charge in [0.2, 0.25) is 0 Å². The van der Waals surface area contributed by atoms with Gasteiger partial charge in [0.25, 0.3) is 5.91 Å². The smallest absolute Gasteiger partial charge is 0.338 e. The predicted molar refractivity (Wildman–Crippen MR) is 103 cm³/mol. The Labute approximate surface area is 167 Å². The molecule has 6 nitrogen and oxygen atoms in total. The lowest BCUT2D eigenvalue weighted by Gasteiger charge is -2.15. The lowest BCUT2D eigenvalue weighted by atomic mass is 10.1. The highest BCUT2D eigenvalue weighted by Crippen LogP contribution is 2.25. The zero-order chi connectivity index (χ0) is 20.0. The van der Waals surface area contributed by atoms with E-state index < -0.39 is 18.5 Å². The van der Waals surface area contributed by atoms with Crippen molar-refractivity contribution < 1.29 is 23.8 Å². The number of benzene rings is 2. The van der Waals surface area contributed by atoms with Gasteiger partial charge in [-0.25, -0.2) is 4.79 Å². The van der Waals surface area contributed by atoms with Gasteiger partial charge in [-0.1, -0.05) is 29.3 Å². The number of amides is 1. The minimum Gasteiger partial charge on any atom is -0.497 e. The topological polar surface area (TPSA) is 73.9 Å². The average molecular weight is 412 g/mol. The van der Waals surface area contributed by atoms with Crippen molar-refractivity contribution in [2.75, 3.05) is 20.8 Å². The Morgan fingerprint density at radius 2 is 1.63 bits per heavy atom. The second-order valence-corrected chi connectivity index (χ2v) is 6.45. The number of carbonyl (C=O) groups is 2. The first kappa shape index (κ1) is 20.9. The van der Waals surface area contributed by atoms with Crippen LogP contribution < -0.4 is 14.8 Å². The van der Waals surface area contributed by atoms with Crippen molar-refractivity contribution in [1.82, 2.24) is 5.32 Å². The number of hydrogen-bond donors (Lipinski definition) is 1. The Bertz CT molecular complexity index is 819.